The zero-order valence-corrected chi connectivity index (χ0v) is 12.1. The number of ether oxygens (including phenoxy) is 1. The van der Waals surface area contributed by atoms with Crippen LogP contribution in [0.5, 0.6) is 0 Å². The molecule has 1 heterocycles. The Kier molecular flexibility index (Phi) is 4.64. The molecular formula is C15H24N2O2. The van der Waals surface area contributed by atoms with Crippen LogP contribution in [0.3, 0.4) is 0 Å². The molecule has 0 bridgehead atoms. The zero-order chi connectivity index (χ0) is 13.8. The van der Waals surface area contributed by atoms with Crippen LogP contribution < -0.4 is 5.32 Å². The van der Waals surface area contributed by atoms with Crippen molar-refractivity contribution in [2.45, 2.75) is 58.5 Å². The molecule has 0 aliphatic heterocycles. The Labute approximate surface area is 114 Å². The normalized spacial score (nSPS) is 16.6. The van der Waals surface area contributed by atoms with Crippen molar-refractivity contribution in [3.8, 4) is 0 Å². The van der Waals surface area contributed by atoms with Gasteiger partial charge >= 0.3 is 5.97 Å². The molecule has 0 saturated heterocycles. The van der Waals surface area contributed by atoms with Gasteiger partial charge in [-0.15, -0.1) is 0 Å². The first-order chi connectivity index (χ1) is 9.13. The molecule has 1 aromatic rings. The van der Waals surface area contributed by atoms with Crippen molar-refractivity contribution in [1.82, 2.24) is 10.3 Å². The highest BCUT2D eigenvalue weighted by molar-refractivity contribution is 5.89. The van der Waals surface area contributed by atoms with E-state index in [-0.39, 0.29) is 5.97 Å². The van der Waals surface area contributed by atoms with Gasteiger partial charge in [0.05, 0.1) is 7.11 Å². The smallest absolute Gasteiger partial charge is 0.354 e. The quantitative estimate of drug-likeness (QED) is 0.822. The Balaban J connectivity index is 2.03. The van der Waals surface area contributed by atoms with Crippen molar-refractivity contribution in [1.29, 1.82) is 0 Å². The second-order valence-electron chi connectivity index (χ2n) is 5.44. The van der Waals surface area contributed by atoms with Crippen LogP contribution in [0.4, 0.5) is 0 Å². The van der Waals surface area contributed by atoms with Crippen molar-refractivity contribution in [3.63, 3.8) is 0 Å². The molecule has 1 aromatic heterocycles. The fourth-order valence-corrected chi connectivity index (χ4v) is 2.91. The van der Waals surface area contributed by atoms with E-state index in [9.17, 15) is 4.79 Å². The molecule has 1 saturated carbocycles. The number of nitrogens with one attached hydrogen (secondary N) is 2. The van der Waals surface area contributed by atoms with Crippen molar-refractivity contribution in [3.05, 3.63) is 22.5 Å². The Morgan fingerprint density at radius 1 is 1.32 bits per heavy atom. The summed E-state index contributed by atoms with van der Waals surface area (Å²) in [6.45, 7) is 4.82. The van der Waals surface area contributed by atoms with E-state index >= 15 is 0 Å². The molecule has 0 spiro atoms. The summed E-state index contributed by atoms with van der Waals surface area (Å²) in [6.07, 6.45) is 6.57. The van der Waals surface area contributed by atoms with E-state index in [0.29, 0.717) is 11.7 Å². The zero-order valence-electron chi connectivity index (χ0n) is 12.1. The summed E-state index contributed by atoms with van der Waals surface area (Å²) in [4.78, 5) is 14.8. The van der Waals surface area contributed by atoms with Crippen LogP contribution in [0.25, 0.3) is 0 Å². The second kappa shape index (κ2) is 6.24. The van der Waals surface area contributed by atoms with Crippen LogP contribution in [0.2, 0.25) is 0 Å². The van der Waals surface area contributed by atoms with Gasteiger partial charge in [-0.2, -0.15) is 0 Å². The van der Waals surface area contributed by atoms with Gasteiger partial charge in [0.15, 0.2) is 0 Å². The third-order valence-electron chi connectivity index (χ3n) is 4.16. The minimum Gasteiger partial charge on any atom is -0.464 e. The van der Waals surface area contributed by atoms with Gasteiger partial charge < -0.3 is 15.0 Å². The first kappa shape index (κ1) is 14.1. The SMILES string of the molecule is COC(=O)c1[nH]c(C)c(CNC2CCCCC2)c1C. The van der Waals surface area contributed by atoms with Crippen LogP contribution in [-0.4, -0.2) is 24.1 Å². The lowest BCUT2D eigenvalue weighted by Crippen LogP contribution is -2.30. The van der Waals surface area contributed by atoms with Crippen molar-refractivity contribution in [2.24, 2.45) is 0 Å². The lowest BCUT2D eigenvalue weighted by Gasteiger charge is -2.23. The number of rotatable bonds is 4. The summed E-state index contributed by atoms with van der Waals surface area (Å²) < 4.78 is 4.79. The van der Waals surface area contributed by atoms with E-state index in [1.165, 1.54) is 44.8 Å². The summed E-state index contributed by atoms with van der Waals surface area (Å²) in [5.74, 6) is -0.287. The van der Waals surface area contributed by atoms with Crippen LogP contribution in [0, 0.1) is 13.8 Å². The number of esters is 1. The molecule has 0 unspecified atom stereocenters. The fourth-order valence-electron chi connectivity index (χ4n) is 2.91. The minimum atomic E-state index is -0.287. The molecule has 4 heteroatoms. The summed E-state index contributed by atoms with van der Waals surface area (Å²) in [7, 11) is 1.41. The molecule has 1 fully saturated rings. The average molecular weight is 264 g/mol. The molecule has 19 heavy (non-hydrogen) atoms. The summed E-state index contributed by atoms with van der Waals surface area (Å²) in [6, 6.07) is 0.629. The lowest BCUT2D eigenvalue weighted by atomic mass is 9.95. The highest BCUT2D eigenvalue weighted by atomic mass is 16.5. The summed E-state index contributed by atoms with van der Waals surface area (Å²) >= 11 is 0. The van der Waals surface area contributed by atoms with Crippen molar-refractivity contribution < 1.29 is 9.53 Å². The van der Waals surface area contributed by atoms with Gasteiger partial charge in [0.1, 0.15) is 5.69 Å². The van der Waals surface area contributed by atoms with E-state index in [1.807, 2.05) is 13.8 Å². The average Bonchev–Trinajstić information content (AvgIpc) is 2.72. The molecule has 4 nitrogen and oxygen atoms in total. The van der Waals surface area contributed by atoms with Gasteiger partial charge in [0.2, 0.25) is 0 Å². The highest BCUT2D eigenvalue weighted by Gasteiger charge is 2.19. The first-order valence-corrected chi connectivity index (χ1v) is 7.13. The van der Waals surface area contributed by atoms with Gasteiger partial charge in [-0.05, 0) is 37.8 Å². The number of carbonyl (C=O) groups excluding carboxylic acids is 1. The third-order valence-corrected chi connectivity index (χ3v) is 4.16. The molecule has 0 aromatic carbocycles. The Hall–Kier alpha value is -1.29. The highest BCUT2D eigenvalue weighted by Crippen LogP contribution is 2.21. The molecule has 2 N–H and O–H groups in total. The Morgan fingerprint density at radius 2 is 2.00 bits per heavy atom. The molecule has 0 atom stereocenters. The number of aryl methyl sites for hydroxylation is 1. The predicted octanol–water partition coefficient (Wildman–Crippen LogP) is 2.84. The van der Waals surface area contributed by atoms with Gasteiger partial charge in [-0.25, -0.2) is 4.79 Å². The van der Waals surface area contributed by atoms with Crippen LogP contribution in [-0.2, 0) is 11.3 Å². The number of aromatic amines is 1. The Morgan fingerprint density at radius 3 is 2.63 bits per heavy atom. The number of H-pyrrole nitrogens is 1. The van der Waals surface area contributed by atoms with E-state index in [1.54, 1.807) is 0 Å². The standard InChI is InChI=1S/C15H24N2O2/c1-10-13(9-16-12-7-5-4-6-8-12)11(2)17-14(10)15(18)19-3/h12,16-17H,4-9H2,1-3H3. The summed E-state index contributed by atoms with van der Waals surface area (Å²) in [5, 5.41) is 3.62. The third kappa shape index (κ3) is 3.18. The maximum absolute atomic E-state index is 11.6. The van der Waals surface area contributed by atoms with E-state index in [2.05, 4.69) is 10.3 Å². The number of hydrogen-bond donors (Lipinski definition) is 2. The van der Waals surface area contributed by atoms with Crippen LogP contribution in [0.1, 0.15) is 59.4 Å². The number of aromatic nitrogens is 1. The molecular weight excluding hydrogens is 240 g/mol. The van der Waals surface area contributed by atoms with Gasteiger partial charge in [0, 0.05) is 18.3 Å². The van der Waals surface area contributed by atoms with Gasteiger partial charge in [-0.1, -0.05) is 19.3 Å². The fraction of sp³-hybridized carbons (Fsp3) is 0.667. The number of carbonyl (C=O) groups is 1. The minimum absolute atomic E-state index is 0.287. The van der Waals surface area contributed by atoms with Crippen molar-refractivity contribution in [2.75, 3.05) is 7.11 Å². The maximum atomic E-state index is 11.6. The van der Waals surface area contributed by atoms with Crippen LogP contribution >= 0.6 is 0 Å². The van der Waals surface area contributed by atoms with Crippen LogP contribution in [0.15, 0.2) is 0 Å². The largest absolute Gasteiger partial charge is 0.464 e. The maximum Gasteiger partial charge on any atom is 0.354 e. The molecule has 1 aliphatic carbocycles. The molecule has 0 radical (unpaired) electrons. The molecule has 106 valence electrons. The lowest BCUT2D eigenvalue weighted by molar-refractivity contribution is 0.0594. The molecule has 2 rings (SSSR count). The molecule has 1 aliphatic rings. The monoisotopic (exact) mass is 264 g/mol. The van der Waals surface area contributed by atoms with Gasteiger partial charge in [0.25, 0.3) is 0 Å². The topological polar surface area (TPSA) is 54.1 Å². The van der Waals surface area contributed by atoms with Crippen molar-refractivity contribution >= 4 is 5.97 Å². The van der Waals surface area contributed by atoms with Gasteiger partial charge in [-0.3, -0.25) is 0 Å². The van der Waals surface area contributed by atoms with E-state index in [0.717, 1.165) is 17.8 Å². The summed E-state index contributed by atoms with van der Waals surface area (Å²) in [5.41, 5.74) is 3.85. The number of hydrogen-bond acceptors (Lipinski definition) is 3. The number of methoxy groups -OCH3 is 1. The first-order valence-electron chi connectivity index (χ1n) is 7.13. The van der Waals surface area contributed by atoms with E-state index < -0.39 is 0 Å². The second-order valence-corrected chi connectivity index (χ2v) is 5.44. The molecule has 0 amide bonds. The Bertz CT molecular complexity index is 445. The predicted molar refractivity (Wildman–Crippen MR) is 75.3 cm³/mol. The van der Waals surface area contributed by atoms with E-state index in [4.69, 9.17) is 4.74 Å².